The minimum atomic E-state index is -1.19. The highest BCUT2D eigenvalue weighted by Crippen LogP contribution is 2.38. The number of nitrogens with one attached hydrogen (secondary N) is 2. The van der Waals surface area contributed by atoms with Crippen molar-refractivity contribution in [3.05, 3.63) is 86.4 Å². The van der Waals surface area contributed by atoms with Gasteiger partial charge in [0.1, 0.15) is 28.7 Å². The Kier molecular flexibility index (Phi) is 7.01. The Hall–Kier alpha value is -3.16. The van der Waals surface area contributed by atoms with Gasteiger partial charge < -0.3 is 10.1 Å². The number of hydrogen-bond donors (Lipinski definition) is 2. The molecule has 0 atom stereocenters. The Labute approximate surface area is 193 Å². The number of urea groups is 1. The number of hydrogen-bond acceptors (Lipinski definition) is 3. The molecule has 0 radical (unpaired) electrons. The molecule has 0 unspecified atom stereocenters. The van der Waals surface area contributed by atoms with Crippen molar-refractivity contribution in [2.75, 3.05) is 5.32 Å². The summed E-state index contributed by atoms with van der Waals surface area (Å²) in [5.41, 5.74) is 1.62. The van der Waals surface area contributed by atoms with Crippen molar-refractivity contribution in [1.82, 2.24) is 5.32 Å². The molecule has 0 saturated heterocycles. The van der Waals surface area contributed by atoms with Crippen LogP contribution < -0.4 is 15.4 Å². The van der Waals surface area contributed by atoms with E-state index in [1.54, 1.807) is 45.0 Å². The van der Waals surface area contributed by atoms with E-state index in [2.05, 4.69) is 5.32 Å². The number of halogens is 4. The van der Waals surface area contributed by atoms with Gasteiger partial charge >= 0.3 is 6.03 Å². The molecule has 0 spiro atoms. The van der Waals surface area contributed by atoms with Gasteiger partial charge in [0, 0.05) is 10.7 Å². The number of ether oxygens (including phenoxy) is 1. The second kappa shape index (κ2) is 9.54. The van der Waals surface area contributed by atoms with Crippen LogP contribution in [-0.4, -0.2) is 11.9 Å². The zero-order valence-electron chi connectivity index (χ0n) is 17.3. The first-order valence-electron chi connectivity index (χ1n) is 9.38. The maximum absolute atomic E-state index is 13.8. The largest absolute Gasteiger partial charge is 0.455 e. The van der Waals surface area contributed by atoms with Crippen LogP contribution in [-0.2, 0) is 0 Å². The minimum Gasteiger partial charge on any atom is -0.455 e. The molecule has 2 N–H and O–H groups in total. The fourth-order valence-electron chi connectivity index (χ4n) is 3.05. The van der Waals surface area contributed by atoms with E-state index in [1.165, 1.54) is 0 Å². The highest BCUT2D eigenvalue weighted by molar-refractivity contribution is 6.35. The van der Waals surface area contributed by atoms with E-state index in [1.807, 2.05) is 5.32 Å². The Balaban J connectivity index is 1.80. The number of carbonyl (C=O) groups is 2. The van der Waals surface area contributed by atoms with Crippen LogP contribution in [0.3, 0.4) is 0 Å². The van der Waals surface area contributed by atoms with Crippen LogP contribution in [0.1, 0.15) is 27.0 Å². The molecular formula is C23H18Cl2F2N2O3. The summed E-state index contributed by atoms with van der Waals surface area (Å²) in [7, 11) is 0. The van der Waals surface area contributed by atoms with E-state index in [0.717, 1.165) is 23.8 Å². The molecule has 0 fully saturated rings. The lowest BCUT2D eigenvalue weighted by Crippen LogP contribution is -2.35. The summed E-state index contributed by atoms with van der Waals surface area (Å²) in [5.74, 6) is -2.37. The zero-order chi connectivity index (χ0) is 23.6. The summed E-state index contributed by atoms with van der Waals surface area (Å²) in [5, 5.41) is 5.27. The monoisotopic (exact) mass is 478 g/mol. The summed E-state index contributed by atoms with van der Waals surface area (Å²) in [6, 6.07) is 8.55. The third kappa shape index (κ3) is 5.00. The van der Waals surface area contributed by atoms with Gasteiger partial charge in [0.2, 0.25) is 0 Å². The molecule has 0 aliphatic carbocycles. The summed E-state index contributed by atoms with van der Waals surface area (Å²) in [6.07, 6.45) is 0. The molecule has 3 aromatic rings. The smallest absolute Gasteiger partial charge is 0.326 e. The third-order valence-corrected chi connectivity index (χ3v) is 5.33. The van der Waals surface area contributed by atoms with Crippen LogP contribution in [0.25, 0.3) is 0 Å². The zero-order valence-corrected chi connectivity index (χ0v) is 18.8. The van der Waals surface area contributed by atoms with Gasteiger partial charge in [0.25, 0.3) is 5.91 Å². The first-order valence-corrected chi connectivity index (χ1v) is 10.1. The van der Waals surface area contributed by atoms with Crippen LogP contribution in [0, 0.1) is 32.4 Å². The van der Waals surface area contributed by atoms with Crippen LogP contribution in [0.5, 0.6) is 11.5 Å². The van der Waals surface area contributed by atoms with Gasteiger partial charge in [-0.1, -0.05) is 29.3 Å². The molecule has 0 aromatic heterocycles. The van der Waals surface area contributed by atoms with Crippen LogP contribution in [0.4, 0.5) is 19.3 Å². The number of imide groups is 1. The van der Waals surface area contributed by atoms with Crippen molar-refractivity contribution < 1.29 is 23.1 Å². The maximum Gasteiger partial charge on any atom is 0.326 e. The van der Waals surface area contributed by atoms with Gasteiger partial charge in [0.05, 0.1) is 5.02 Å². The molecule has 32 heavy (non-hydrogen) atoms. The lowest BCUT2D eigenvalue weighted by molar-refractivity contribution is 0.0959. The molecule has 3 rings (SSSR count). The minimum absolute atomic E-state index is 0.342. The molecule has 0 bridgehead atoms. The lowest BCUT2D eigenvalue weighted by Gasteiger charge is -2.18. The Bertz CT molecular complexity index is 1210. The summed E-state index contributed by atoms with van der Waals surface area (Å²) in [6.45, 7) is 5.32. The molecule has 0 saturated carbocycles. The number of anilines is 1. The summed E-state index contributed by atoms with van der Waals surface area (Å²) < 4.78 is 33.5. The number of amides is 3. The highest BCUT2D eigenvalue weighted by atomic mass is 35.5. The van der Waals surface area contributed by atoms with Gasteiger partial charge in [-0.05, 0) is 73.9 Å². The predicted molar refractivity (Wildman–Crippen MR) is 120 cm³/mol. The second-order valence-electron chi connectivity index (χ2n) is 7.00. The lowest BCUT2D eigenvalue weighted by atomic mass is 10.0. The van der Waals surface area contributed by atoms with Gasteiger partial charge in [-0.15, -0.1) is 0 Å². The van der Waals surface area contributed by atoms with Crippen molar-refractivity contribution in [2.24, 2.45) is 0 Å². The molecule has 0 aliphatic rings. The Morgan fingerprint density at radius 1 is 0.938 bits per heavy atom. The molecule has 3 aromatic carbocycles. The Morgan fingerprint density at radius 3 is 2.22 bits per heavy atom. The Morgan fingerprint density at radius 2 is 1.59 bits per heavy atom. The molecule has 166 valence electrons. The summed E-state index contributed by atoms with van der Waals surface area (Å²) in [4.78, 5) is 24.4. The maximum atomic E-state index is 13.8. The molecule has 0 aliphatic heterocycles. The van der Waals surface area contributed by atoms with Gasteiger partial charge in [-0.2, -0.15) is 0 Å². The average molecular weight is 479 g/mol. The SMILES string of the molecule is Cc1cc(NC(=O)NC(=O)c2c(F)cccc2F)c(C)c(C)c1Oc1ccc(Cl)cc1Cl. The van der Waals surface area contributed by atoms with Crippen LogP contribution in [0.2, 0.25) is 10.0 Å². The van der Waals surface area contributed by atoms with Crippen LogP contribution in [0.15, 0.2) is 42.5 Å². The topological polar surface area (TPSA) is 67.4 Å². The predicted octanol–water partition coefficient (Wildman–Crippen LogP) is 6.95. The molecule has 5 nitrogen and oxygen atoms in total. The quantitative estimate of drug-likeness (QED) is 0.426. The van der Waals surface area contributed by atoms with E-state index in [-0.39, 0.29) is 0 Å². The van der Waals surface area contributed by atoms with E-state index < -0.39 is 29.1 Å². The number of benzene rings is 3. The fraction of sp³-hybridized carbons (Fsp3) is 0.130. The van der Waals surface area contributed by atoms with Gasteiger partial charge in [-0.25, -0.2) is 13.6 Å². The summed E-state index contributed by atoms with van der Waals surface area (Å²) >= 11 is 12.1. The van der Waals surface area contributed by atoms with E-state index >= 15 is 0 Å². The van der Waals surface area contributed by atoms with Crippen molar-refractivity contribution in [3.63, 3.8) is 0 Å². The number of aryl methyl sites for hydroxylation is 1. The molecule has 0 heterocycles. The van der Waals surface area contributed by atoms with Crippen molar-refractivity contribution in [3.8, 4) is 11.5 Å². The standard InChI is InChI=1S/C23H18Cl2F2N2O3/c1-11-9-18(28-23(31)29-22(30)20-16(26)5-4-6-17(20)27)12(2)13(3)21(11)32-19-8-7-14(24)10-15(19)25/h4-10H,1-3H3,(H2,28,29,30,31). The third-order valence-electron chi connectivity index (χ3n) is 4.80. The van der Waals surface area contributed by atoms with E-state index in [9.17, 15) is 18.4 Å². The first kappa shape index (κ1) is 23.5. The fourth-order valence-corrected chi connectivity index (χ4v) is 3.49. The molecular weight excluding hydrogens is 461 g/mol. The van der Waals surface area contributed by atoms with Crippen molar-refractivity contribution in [1.29, 1.82) is 0 Å². The average Bonchev–Trinajstić information content (AvgIpc) is 2.70. The molecule has 9 heteroatoms. The van der Waals surface area contributed by atoms with E-state index in [0.29, 0.717) is 38.4 Å². The van der Waals surface area contributed by atoms with E-state index in [4.69, 9.17) is 27.9 Å². The van der Waals surface area contributed by atoms with Gasteiger partial charge in [-0.3, -0.25) is 10.1 Å². The highest BCUT2D eigenvalue weighted by Gasteiger charge is 2.20. The van der Waals surface area contributed by atoms with Crippen molar-refractivity contribution >= 4 is 40.8 Å². The normalized spacial score (nSPS) is 10.6. The first-order chi connectivity index (χ1) is 15.1. The number of rotatable bonds is 4. The molecule has 3 amide bonds. The van der Waals surface area contributed by atoms with Crippen LogP contribution >= 0.6 is 23.2 Å². The second-order valence-corrected chi connectivity index (χ2v) is 7.85. The van der Waals surface area contributed by atoms with Gasteiger partial charge in [0.15, 0.2) is 0 Å². The van der Waals surface area contributed by atoms with Crippen molar-refractivity contribution in [2.45, 2.75) is 20.8 Å². The number of carbonyl (C=O) groups excluding carboxylic acids is 2.